The predicted molar refractivity (Wildman–Crippen MR) is 111 cm³/mol. The summed E-state index contributed by atoms with van der Waals surface area (Å²) in [5, 5.41) is 13.4. The fraction of sp³-hybridized carbons (Fsp3) is 0.200. The van der Waals surface area contributed by atoms with Crippen LogP contribution in [-0.2, 0) is 29.5 Å². The Morgan fingerprint density at radius 2 is 0.667 bits per heavy atom. The van der Waals surface area contributed by atoms with Crippen LogP contribution in [0, 0.1) is 0 Å². The maximum atomic E-state index is 12.9. The predicted octanol–water partition coefficient (Wildman–Crippen LogP) is 1.31. The first-order valence-corrected chi connectivity index (χ1v) is 14.3. The Labute approximate surface area is 224 Å². The Balaban J connectivity index is 1.91. The van der Waals surface area contributed by atoms with E-state index in [2.05, 4.69) is 30.9 Å². The van der Waals surface area contributed by atoms with Gasteiger partial charge in [-0.15, -0.1) is 15.3 Å². The van der Waals surface area contributed by atoms with E-state index < -0.39 is 78.2 Å². The summed E-state index contributed by atoms with van der Waals surface area (Å²) in [4.78, 5) is 0. The minimum Gasteiger partial charge on any atom is -0.219 e. The van der Waals surface area contributed by atoms with Crippen LogP contribution in [0.3, 0.4) is 0 Å². The molecule has 0 aliphatic carbocycles. The standard InChI is InChI=1S/C15H6F9N9O6S3/c16-13(17,18)40(34,35)10-4-31(28-25-10)7-1-8(32-5-11(26-29-32)41(36,37)14(19,20)21)3-9(2-7)33-6-12(27-30-33)42(38,39)15(22,23)24/h1-6H. The lowest BCUT2D eigenvalue weighted by molar-refractivity contribution is -0.0444. The van der Waals surface area contributed by atoms with Gasteiger partial charge >= 0.3 is 16.5 Å². The average molecular weight is 675 g/mol. The van der Waals surface area contributed by atoms with Crippen molar-refractivity contribution in [2.24, 2.45) is 0 Å². The molecule has 27 heteroatoms. The lowest BCUT2D eigenvalue weighted by atomic mass is 10.2. The molecule has 0 fully saturated rings. The number of aromatic nitrogens is 9. The fourth-order valence-corrected chi connectivity index (χ4v) is 4.68. The van der Waals surface area contributed by atoms with Gasteiger partial charge in [0.2, 0.25) is 15.1 Å². The molecule has 42 heavy (non-hydrogen) atoms. The minimum absolute atomic E-state index is 0.230. The number of halogens is 9. The maximum absolute atomic E-state index is 12.9. The van der Waals surface area contributed by atoms with E-state index >= 15 is 0 Å². The van der Waals surface area contributed by atoms with Crippen molar-refractivity contribution in [1.82, 2.24) is 45.0 Å². The van der Waals surface area contributed by atoms with Crippen molar-refractivity contribution in [3.05, 3.63) is 36.8 Å². The molecule has 4 aromatic rings. The zero-order valence-corrected chi connectivity index (χ0v) is 21.5. The lowest BCUT2D eigenvalue weighted by Crippen LogP contribution is -2.23. The highest BCUT2D eigenvalue weighted by Crippen LogP contribution is 2.32. The van der Waals surface area contributed by atoms with Crippen LogP contribution in [0.5, 0.6) is 0 Å². The summed E-state index contributed by atoms with van der Waals surface area (Å²) in [5.74, 6) is 0. The highest BCUT2D eigenvalue weighted by Gasteiger charge is 2.50. The number of hydrogen-bond donors (Lipinski definition) is 0. The molecule has 4 rings (SSSR count). The minimum atomic E-state index is -6.04. The second-order valence-electron chi connectivity index (χ2n) is 7.56. The summed E-state index contributed by atoms with van der Waals surface area (Å²) in [6.45, 7) is 0. The molecule has 3 heterocycles. The van der Waals surface area contributed by atoms with Gasteiger partial charge in [0, 0.05) is 0 Å². The van der Waals surface area contributed by atoms with Crippen LogP contribution in [0.4, 0.5) is 39.5 Å². The van der Waals surface area contributed by atoms with Crippen LogP contribution in [0.25, 0.3) is 17.1 Å². The molecule has 15 nitrogen and oxygen atoms in total. The van der Waals surface area contributed by atoms with Gasteiger partial charge < -0.3 is 0 Å². The smallest absolute Gasteiger partial charge is 0.219 e. The van der Waals surface area contributed by atoms with Gasteiger partial charge in [-0.3, -0.25) is 0 Å². The van der Waals surface area contributed by atoms with Crippen LogP contribution >= 0.6 is 0 Å². The van der Waals surface area contributed by atoms with Crippen molar-refractivity contribution in [3.63, 3.8) is 0 Å². The van der Waals surface area contributed by atoms with E-state index in [0.29, 0.717) is 14.0 Å². The molecule has 0 spiro atoms. The van der Waals surface area contributed by atoms with E-state index in [4.69, 9.17) is 0 Å². The summed E-state index contributed by atoms with van der Waals surface area (Å²) >= 11 is 0. The average Bonchev–Trinajstić information content (AvgIpc) is 3.62. The van der Waals surface area contributed by atoms with E-state index in [-0.39, 0.29) is 18.6 Å². The highest BCUT2D eigenvalue weighted by atomic mass is 32.2. The first-order valence-electron chi connectivity index (χ1n) is 9.84. The Morgan fingerprint density at radius 1 is 0.452 bits per heavy atom. The lowest BCUT2D eigenvalue weighted by Gasteiger charge is -2.09. The van der Waals surface area contributed by atoms with E-state index in [1.165, 1.54) is 0 Å². The van der Waals surface area contributed by atoms with Crippen LogP contribution in [0.1, 0.15) is 0 Å². The summed E-state index contributed by atoms with van der Waals surface area (Å²) in [5.41, 5.74) is -19.0. The second-order valence-corrected chi connectivity index (χ2v) is 13.2. The molecule has 0 saturated heterocycles. The normalized spacial score (nSPS) is 13.9. The molecule has 0 saturated carbocycles. The molecule has 0 radical (unpaired) electrons. The Kier molecular flexibility index (Phi) is 6.92. The van der Waals surface area contributed by atoms with Crippen molar-refractivity contribution >= 4 is 29.5 Å². The van der Waals surface area contributed by atoms with Gasteiger partial charge in [0.05, 0.1) is 35.7 Å². The van der Waals surface area contributed by atoms with Crippen LogP contribution in [0.15, 0.2) is 51.9 Å². The van der Waals surface area contributed by atoms with Crippen molar-refractivity contribution in [2.75, 3.05) is 0 Å². The fourth-order valence-electron chi connectivity index (χ4n) is 2.83. The summed E-state index contributed by atoms with van der Waals surface area (Å²) < 4.78 is 187. The van der Waals surface area contributed by atoms with E-state index in [1.807, 2.05) is 0 Å². The van der Waals surface area contributed by atoms with Crippen LogP contribution in [-0.4, -0.2) is 86.8 Å². The highest BCUT2D eigenvalue weighted by molar-refractivity contribution is 7.92. The molecule has 0 aliphatic rings. The van der Waals surface area contributed by atoms with Gasteiger partial charge in [-0.1, -0.05) is 15.6 Å². The van der Waals surface area contributed by atoms with Gasteiger partial charge in [-0.2, -0.15) is 39.5 Å². The summed E-state index contributed by atoms with van der Waals surface area (Å²) in [6, 6.07) is 2.43. The van der Waals surface area contributed by atoms with Crippen molar-refractivity contribution in [2.45, 2.75) is 31.6 Å². The molecule has 0 atom stereocenters. The van der Waals surface area contributed by atoms with Crippen molar-refractivity contribution in [1.29, 1.82) is 0 Å². The first-order chi connectivity index (χ1) is 19.0. The molecule has 228 valence electrons. The Bertz CT molecular complexity index is 1770. The molecular formula is C15H6F9N9O6S3. The number of alkyl halides is 9. The number of hydrogen-bond acceptors (Lipinski definition) is 12. The van der Waals surface area contributed by atoms with Gasteiger partial charge in [-0.05, 0) is 18.2 Å². The molecule has 0 amide bonds. The molecule has 0 unspecified atom stereocenters. The van der Waals surface area contributed by atoms with Crippen LogP contribution < -0.4 is 0 Å². The number of nitrogens with zero attached hydrogens (tertiary/aromatic N) is 9. The van der Waals surface area contributed by atoms with E-state index in [9.17, 15) is 64.8 Å². The zero-order chi connectivity index (χ0) is 31.7. The van der Waals surface area contributed by atoms with Gasteiger partial charge in [-0.25, -0.2) is 39.3 Å². The van der Waals surface area contributed by atoms with E-state index in [0.717, 1.165) is 18.2 Å². The zero-order valence-electron chi connectivity index (χ0n) is 19.1. The number of sulfone groups is 3. The summed E-state index contributed by atoms with van der Waals surface area (Å²) in [6.07, 6.45) is 0.689. The number of rotatable bonds is 6. The van der Waals surface area contributed by atoms with Crippen molar-refractivity contribution in [3.8, 4) is 17.1 Å². The largest absolute Gasteiger partial charge is 0.503 e. The Hall–Kier alpha value is -4.14. The third-order valence-corrected chi connectivity index (χ3v) is 8.88. The molecule has 3 aromatic heterocycles. The monoisotopic (exact) mass is 675 g/mol. The van der Waals surface area contributed by atoms with Crippen molar-refractivity contribution < 1.29 is 64.8 Å². The molecule has 0 N–H and O–H groups in total. The van der Waals surface area contributed by atoms with E-state index in [1.54, 1.807) is 0 Å². The third-order valence-electron chi connectivity index (χ3n) is 4.84. The molecule has 0 bridgehead atoms. The molecule has 0 aliphatic heterocycles. The third kappa shape index (κ3) is 5.16. The quantitative estimate of drug-likeness (QED) is 0.266. The van der Waals surface area contributed by atoms with Crippen LogP contribution in [0.2, 0.25) is 0 Å². The Morgan fingerprint density at radius 3 is 0.857 bits per heavy atom. The van der Waals surface area contributed by atoms with Gasteiger partial charge in [0.25, 0.3) is 29.5 Å². The number of benzene rings is 1. The topological polar surface area (TPSA) is 195 Å². The SMILES string of the molecule is O=S(=O)(c1cn(-c2cc(-n3cc(S(=O)(=O)C(F)(F)F)nn3)cc(-n3cc(S(=O)(=O)C(F)(F)F)nn3)c2)nn1)C(F)(F)F. The summed E-state index contributed by atoms with van der Waals surface area (Å²) in [7, 11) is -18.1. The first kappa shape index (κ1) is 30.8. The van der Waals surface area contributed by atoms with Gasteiger partial charge in [0.1, 0.15) is 0 Å². The second kappa shape index (κ2) is 9.44. The molecular weight excluding hydrogens is 669 g/mol. The van der Waals surface area contributed by atoms with Gasteiger partial charge in [0.15, 0.2) is 0 Å². The molecule has 1 aromatic carbocycles. The maximum Gasteiger partial charge on any atom is 0.503 e.